The Balaban J connectivity index is 1.78. The molecule has 0 unspecified atom stereocenters. The van der Waals surface area contributed by atoms with Crippen LogP contribution >= 0.6 is 0 Å². The lowest BCUT2D eigenvalue weighted by molar-refractivity contribution is 0.415. The summed E-state index contributed by atoms with van der Waals surface area (Å²) in [6, 6.07) is 10.1. The number of nitrogens with zero attached hydrogens (tertiary/aromatic N) is 2. The van der Waals surface area contributed by atoms with Crippen LogP contribution in [0.2, 0.25) is 0 Å². The number of methoxy groups -OCH3 is 1. The molecule has 2 heterocycles. The molecule has 0 atom stereocenters. The van der Waals surface area contributed by atoms with E-state index >= 15 is 0 Å². The Hall–Kier alpha value is -2.01. The average molecular weight is 272 g/mol. The van der Waals surface area contributed by atoms with Crippen LogP contribution in [0.4, 0.5) is 5.82 Å². The van der Waals surface area contributed by atoms with Crippen LogP contribution in [0, 0.1) is 0 Å². The van der Waals surface area contributed by atoms with Crippen molar-refractivity contribution in [3.05, 3.63) is 30.3 Å². The molecule has 0 aliphatic carbocycles. The highest BCUT2D eigenvalue weighted by Gasteiger charge is 2.13. The minimum Gasteiger partial charge on any atom is -0.497 e. The molecule has 1 aromatic heterocycles. The summed E-state index contributed by atoms with van der Waals surface area (Å²) >= 11 is 0. The van der Waals surface area contributed by atoms with Crippen molar-refractivity contribution in [3.63, 3.8) is 0 Å². The molecule has 5 nitrogen and oxygen atoms in total. The first-order valence-corrected chi connectivity index (χ1v) is 7.02. The van der Waals surface area contributed by atoms with Crippen molar-refractivity contribution in [2.24, 2.45) is 0 Å². The number of H-pyrrole nitrogens is 1. The predicted octanol–water partition coefficient (Wildman–Crippen LogP) is 1.88. The van der Waals surface area contributed by atoms with Crippen LogP contribution in [0.25, 0.3) is 11.3 Å². The fourth-order valence-corrected chi connectivity index (χ4v) is 2.47. The Morgan fingerprint density at radius 2 is 2.00 bits per heavy atom. The van der Waals surface area contributed by atoms with Crippen molar-refractivity contribution in [1.29, 1.82) is 0 Å². The molecule has 2 aromatic rings. The number of aromatic amines is 1. The fraction of sp³-hybridized carbons (Fsp3) is 0.400. The zero-order valence-electron chi connectivity index (χ0n) is 11.7. The van der Waals surface area contributed by atoms with Gasteiger partial charge in [-0.05, 0) is 42.8 Å². The van der Waals surface area contributed by atoms with Gasteiger partial charge in [0, 0.05) is 25.7 Å². The van der Waals surface area contributed by atoms with Gasteiger partial charge in [0.1, 0.15) is 5.75 Å². The van der Waals surface area contributed by atoms with Gasteiger partial charge < -0.3 is 15.0 Å². The number of nitrogens with one attached hydrogen (secondary N) is 2. The lowest BCUT2D eigenvalue weighted by Gasteiger charge is -2.18. The van der Waals surface area contributed by atoms with E-state index in [2.05, 4.69) is 26.5 Å². The first-order valence-electron chi connectivity index (χ1n) is 7.02. The summed E-state index contributed by atoms with van der Waals surface area (Å²) in [4.78, 5) is 2.32. The van der Waals surface area contributed by atoms with Gasteiger partial charge in [-0.25, -0.2) is 0 Å². The quantitative estimate of drug-likeness (QED) is 0.896. The number of hydrogen-bond acceptors (Lipinski definition) is 4. The summed E-state index contributed by atoms with van der Waals surface area (Å²) in [5.74, 6) is 1.89. The summed E-state index contributed by atoms with van der Waals surface area (Å²) in [6.07, 6.45) is 1.16. The number of benzene rings is 1. The van der Waals surface area contributed by atoms with Crippen LogP contribution in [0.5, 0.6) is 5.75 Å². The van der Waals surface area contributed by atoms with Crippen molar-refractivity contribution in [1.82, 2.24) is 15.5 Å². The lowest BCUT2D eigenvalue weighted by Crippen LogP contribution is -2.28. The summed E-state index contributed by atoms with van der Waals surface area (Å²) in [7, 11) is 1.68. The maximum Gasteiger partial charge on any atom is 0.151 e. The summed E-state index contributed by atoms with van der Waals surface area (Å²) < 4.78 is 5.18. The third-order valence-corrected chi connectivity index (χ3v) is 3.63. The molecule has 5 heteroatoms. The van der Waals surface area contributed by atoms with E-state index in [-0.39, 0.29) is 0 Å². The van der Waals surface area contributed by atoms with Crippen LogP contribution < -0.4 is 15.0 Å². The Labute approximate surface area is 118 Å². The van der Waals surface area contributed by atoms with Gasteiger partial charge in [-0.3, -0.25) is 5.10 Å². The molecule has 106 valence electrons. The molecular weight excluding hydrogens is 252 g/mol. The standard InChI is InChI=1S/C15H20N4O/c1-20-13-5-3-12(4-6-13)14-11-15(18-17-14)19-9-2-7-16-8-10-19/h3-6,11,16H,2,7-10H2,1H3,(H,17,18). The molecule has 0 bridgehead atoms. The Kier molecular flexibility index (Phi) is 3.87. The van der Waals surface area contributed by atoms with Crippen molar-refractivity contribution in [2.45, 2.75) is 6.42 Å². The van der Waals surface area contributed by atoms with Crippen LogP contribution in [-0.2, 0) is 0 Å². The average Bonchev–Trinajstić information content (AvgIpc) is 2.83. The second-order valence-corrected chi connectivity index (χ2v) is 4.96. The Morgan fingerprint density at radius 1 is 1.15 bits per heavy atom. The van der Waals surface area contributed by atoms with Crippen LogP contribution in [0.15, 0.2) is 30.3 Å². The van der Waals surface area contributed by atoms with E-state index in [9.17, 15) is 0 Å². The van der Waals surface area contributed by atoms with Crippen LogP contribution in [0.3, 0.4) is 0 Å². The van der Waals surface area contributed by atoms with E-state index in [0.717, 1.165) is 55.4 Å². The largest absolute Gasteiger partial charge is 0.497 e. The molecule has 0 radical (unpaired) electrons. The number of rotatable bonds is 3. The molecule has 3 rings (SSSR count). The molecule has 20 heavy (non-hydrogen) atoms. The number of anilines is 1. The normalized spacial score (nSPS) is 15.9. The van der Waals surface area contributed by atoms with Gasteiger partial charge in [0.2, 0.25) is 0 Å². The van der Waals surface area contributed by atoms with Gasteiger partial charge in [0.15, 0.2) is 5.82 Å². The molecule has 1 fully saturated rings. The molecule has 2 N–H and O–H groups in total. The van der Waals surface area contributed by atoms with Crippen molar-refractivity contribution in [3.8, 4) is 17.0 Å². The molecule has 1 aromatic carbocycles. The predicted molar refractivity (Wildman–Crippen MR) is 80.3 cm³/mol. The smallest absolute Gasteiger partial charge is 0.151 e. The van der Waals surface area contributed by atoms with E-state index in [4.69, 9.17) is 4.74 Å². The second kappa shape index (κ2) is 5.96. The molecular formula is C15H20N4O. The summed E-state index contributed by atoms with van der Waals surface area (Å²) in [6.45, 7) is 4.17. The molecule has 1 saturated heterocycles. The SMILES string of the molecule is COc1ccc(-c2cc(N3CCCNCC3)n[nH]2)cc1. The van der Waals surface area contributed by atoms with E-state index < -0.39 is 0 Å². The third-order valence-electron chi connectivity index (χ3n) is 3.63. The zero-order chi connectivity index (χ0) is 13.8. The molecule has 1 aliphatic rings. The highest BCUT2D eigenvalue weighted by Crippen LogP contribution is 2.24. The Morgan fingerprint density at radius 3 is 2.80 bits per heavy atom. The minimum atomic E-state index is 0.868. The monoisotopic (exact) mass is 272 g/mol. The van der Waals surface area contributed by atoms with Crippen molar-refractivity contribution in [2.75, 3.05) is 38.2 Å². The highest BCUT2D eigenvalue weighted by atomic mass is 16.5. The van der Waals surface area contributed by atoms with Gasteiger partial charge in [-0.2, -0.15) is 5.10 Å². The maximum absolute atomic E-state index is 5.18. The number of ether oxygens (including phenoxy) is 1. The van der Waals surface area contributed by atoms with Gasteiger partial charge in [-0.15, -0.1) is 0 Å². The van der Waals surface area contributed by atoms with Gasteiger partial charge >= 0.3 is 0 Å². The summed E-state index contributed by atoms with van der Waals surface area (Å²) in [5, 5.41) is 11.0. The Bertz CT molecular complexity index is 541. The van der Waals surface area contributed by atoms with E-state index in [1.165, 1.54) is 0 Å². The molecule has 0 spiro atoms. The number of hydrogen-bond donors (Lipinski definition) is 2. The van der Waals surface area contributed by atoms with Crippen LogP contribution in [0.1, 0.15) is 6.42 Å². The van der Waals surface area contributed by atoms with Gasteiger partial charge in [0.25, 0.3) is 0 Å². The molecule has 0 amide bonds. The van der Waals surface area contributed by atoms with E-state index in [1.54, 1.807) is 7.11 Å². The minimum absolute atomic E-state index is 0.868. The maximum atomic E-state index is 5.18. The van der Waals surface area contributed by atoms with Gasteiger partial charge in [0.05, 0.1) is 12.8 Å². The number of aromatic nitrogens is 2. The third kappa shape index (κ3) is 2.77. The molecule has 0 saturated carbocycles. The van der Waals surface area contributed by atoms with E-state index in [1.807, 2.05) is 24.3 Å². The van der Waals surface area contributed by atoms with Crippen LogP contribution in [-0.4, -0.2) is 43.5 Å². The first kappa shape index (κ1) is 13.0. The topological polar surface area (TPSA) is 53.2 Å². The lowest BCUT2D eigenvalue weighted by atomic mass is 10.1. The highest BCUT2D eigenvalue weighted by molar-refractivity contribution is 5.63. The fourth-order valence-electron chi connectivity index (χ4n) is 2.47. The zero-order valence-corrected chi connectivity index (χ0v) is 11.7. The first-order chi connectivity index (χ1) is 9.86. The van der Waals surface area contributed by atoms with Crippen molar-refractivity contribution < 1.29 is 4.74 Å². The van der Waals surface area contributed by atoms with Gasteiger partial charge in [-0.1, -0.05) is 0 Å². The van der Waals surface area contributed by atoms with E-state index in [0.29, 0.717) is 0 Å². The second-order valence-electron chi connectivity index (χ2n) is 4.96. The summed E-state index contributed by atoms with van der Waals surface area (Å²) in [5.41, 5.74) is 2.16. The molecule has 1 aliphatic heterocycles. The van der Waals surface area contributed by atoms with Crippen molar-refractivity contribution >= 4 is 5.82 Å².